The van der Waals surface area contributed by atoms with E-state index in [1.165, 1.54) is 0 Å². The first-order chi connectivity index (χ1) is 6.35. The minimum atomic E-state index is -3.17. The van der Waals surface area contributed by atoms with Gasteiger partial charge in [-0.3, -0.25) is 0 Å². The van der Waals surface area contributed by atoms with Crippen molar-refractivity contribution in [3.8, 4) is 0 Å². The first-order valence-corrected chi connectivity index (χ1v) is 6.69. The number of hydrogen-bond donors (Lipinski definition) is 0. The first kappa shape index (κ1) is 11.7. The molecule has 0 radical (unpaired) electrons. The van der Waals surface area contributed by atoms with Gasteiger partial charge in [0.1, 0.15) is 0 Å². The molecule has 0 aliphatic heterocycles. The van der Waals surface area contributed by atoms with Crippen molar-refractivity contribution in [1.29, 1.82) is 0 Å². The summed E-state index contributed by atoms with van der Waals surface area (Å²) in [5.74, 6) is 0. The molecule has 0 aliphatic rings. The summed E-state index contributed by atoms with van der Waals surface area (Å²) in [6.07, 6.45) is 0. The molecule has 0 bridgehead atoms. The zero-order valence-corrected chi connectivity index (χ0v) is 10.8. The number of sulfone groups is 1. The van der Waals surface area contributed by atoms with Crippen molar-refractivity contribution in [2.45, 2.75) is 30.9 Å². The number of benzene rings is 1. The van der Waals surface area contributed by atoms with E-state index in [-0.39, 0.29) is 5.25 Å². The van der Waals surface area contributed by atoms with Crippen molar-refractivity contribution in [3.05, 3.63) is 28.2 Å². The van der Waals surface area contributed by atoms with Crippen LogP contribution in [-0.2, 0) is 9.84 Å². The minimum Gasteiger partial charge on any atom is -0.223 e. The van der Waals surface area contributed by atoms with Crippen molar-refractivity contribution in [2.75, 3.05) is 0 Å². The summed E-state index contributed by atoms with van der Waals surface area (Å²) < 4.78 is 24.3. The molecule has 0 fully saturated rings. The second kappa shape index (κ2) is 4.03. The fourth-order valence-corrected chi connectivity index (χ4v) is 3.36. The quantitative estimate of drug-likeness (QED) is 0.833. The molecule has 2 nitrogen and oxygen atoms in total. The fourth-order valence-electron chi connectivity index (χ4n) is 1.09. The predicted molar refractivity (Wildman–Crippen MR) is 61.2 cm³/mol. The lowest BCUT2D eigenvalue weighted by Gasteiger charge is -2.09. The van der Waals surface area contributed by atoms with Gasteiger partial charge in [0.25, 0.3) is 0 Å². The zero-order valence-electron chi connectivity index (χ0n) is 8.41. The highest BCUT2D eigenvalue weighted by molar-refractivity contribution is 9.10. The number of rotatable bonds is 2. The van der Waals surface area contributed by atoms with Crippen molar-refractivity contribution >= 4 is 25.8 Å². The van der Waals surface area contributed by atoms with E-state index in [2.05, 4.69) is 15.9 Å². The Morgan fingerprint density at radius 2 is 1.86 bits per heavy atom. The molecule has 0 aliphatic carbocycles. The summed E-state index contributed by atoms with van der Waals surface area (Å²) in [6.45, 7) is 5.29. The van der Waals surface area contributed by atoms with Gasteiger partial charge in [-0.1, -0.05) is 6.07 Å². The van der Waals surface area contributed by atoms with Crippen LogP contribution in [0.1, 0.15) is 19.4 Å². The van der Waals surface area contributed by atoms with Gasteiger partial charge in [-0.15, -0.1) is 0 Å². The molecule has 0 saturated heterocycles. The molecule has 1 aromatic carbocycles. The molecular weight excluding hydrogens is 264 g/mol. The van der Waals surface area contributed by atoms with Crippen molar-refractivity contribution in [1.82, 2.24) is 0 Å². The number of halogens is 1. The molecule has 0 spiro atoms. The van der Waals surface area contributed by atoms with Gasteiger partial charge in [0.15, 0.2) is 9.84 Å². The predicted octanol–water partition coefficient (Wildman–Crippen LogP) is 2.94. The van der Waals surface area contributed by atoms with Crippen LogP contribution in [0, 0.1) is 6.92 Å². The number of hydrogen-bond acceptors (Lipinski definition) is 2. The molecular formula is C10H13BrO2S. The van der Waals surface area contributed by atoms with Gasteiger partial charge in [0.05, 0.1) is 10.1 Å². The van der Waals surface area contributed by atoms with E-state index in [9.17, 15) is 8.42 Å². The van der Waals surface area contributed by atoms with Crippen LogP contribution >= 0.6 is 15.9 Å². The molecule has 78 valence electrons. The monoisotopic (exact) mass is 276 g/mol. The van der Waals surface area contributed by atoms with Crippen LogP contribution in [-0.4, -0.2) is 13.7 Å². The van der Waals surface area contributed by atoms with Gasteiger partial charge < -0.3 is 0 Å². The van der Waals surface area contributed by atoms with E-state index < -0.39 is 9.84 Å². The molecule has 0 aromatic heterocycles. The van der Waals surface area contributed by atoms with Crippen LogP contribution < -0.4 is 0 Å². The van der Waals surface area contributed by atoms with E-state index in [1.54, 1.807) is 26.0 Å². The Hall–Kier alpha value is -0.350. The zero-order chi connectivity index (χ0) is 10.9. The van der Waals surface area contributed by atoms with E-state index in [0.717, 1.165) is 5.56 Å². The normalized spacial score (nSPS) is 12.1. The van der Waals surface area contributed by atoms with Crippen LogP contribution in [0.25, 0.3) is 0 Å². The van der Waals surface area contributed by atoms with Gasteiger partial charge in [-0.2, -0.15) is 0 Å². The van der Waals surface area contributed by atoms with Crippen molar-refractivity contribution in [3.63, 3.8) is 0 Å². The minimum absolute atomic E-state index is 0.373. The van der Waals surface area contributed by atoms with Gasteiger partial charge in [-0.05, 0) is 54.4 Å². The molecule has 1 rings (SSSR count). The van der Waals surface area contributed by atoms with Crippen LogP contribution in [0.5, 0.6) is 0 Å². The summed E-state index contributed by atoms with van der Waals surface area (Å²) in [6, 6.07) is 5.27. The fraction of sp³-hybridized carbons (Fsp3) is 0.400. The average molecular weight is 277 g/mol. The summed E-state index contributed by atoms with van der Waals surface area (Å²) in [4.78, 5) is 0.373. The molecule has 0 atom stereocenters. The average Bonchev–Trinajstić information content (AvgIpc) is 2.02. The van der Waals surface area contributed by atoms with Crippen LogP contribution in [0.3, 0.4) is 0 Å². The molecule has 0 unspecified atom stereocenters. The second-order valence-electron chi connectivity index (χ2n) is 3.53. The Bertz CT molecular complexity index is 435. The third-order valence-electron chi connectivity index (χ3n) is 2.01. The highest BCUT2D eigenvalue weighted by Gasteiger charge is 2.21. The lowest BCUT2D eigenvalue weighted by Crippen LogP contribution is -2.14. The van der Waals surface area contributed by atoms with E-state index >= 15 is 0 Å². The molecule has 0 saturated carbocycles. The lowest BCUT2D eigenvalue weighted by atomic mass is 10.2. The van der Waals surface area contributed by atoms with Crippen LogP contribution in [0.4, 0.5) is 0 Å². The Kier molecular flexibility index (Phi) is 3.37. The Labute approximate surface area is 93.4 Å². The smallest absolute Gasteiger partial charge is 0.181 e. The third kappa shape index (κ3) is 2.17. The lowest BCUT2D eigenvalue weighted by molar-refractivity contribution is 0.587. The van der Waals surface area contributed by atoms with Gasteiger partial charge in [0.2, 0.25) is 0 Å². The maximum atomic E-state index is 11.8. The van der Waals surface area contributed by atoms with E-state index in [1.807, 2.05) is 13.0 Å². The Balaban J connectivity index is 3.35. The molecule has 0 amide bonds. The summed E-state index contributed by atoms with van der Waals surface area (Å²) >= 11 is 3.27. The molecule has 1 aromatic rings. The maximum Gasteiger partial charge on any atom is 0.181 e. The summed E-state index contributed by atoms with van der Waals surface area (Å²) in [7, 11) is -3.17. The van der Waals surface area contributed by atoms with E-state index in [4.69, 9.17) is 0 Å². The van der Waals surface area contributed by atoms with Gasteiger partial charge >= 0.3 is 0 Å². The Morgan fingerprint density at radius 3 is 2.29 bits per heavy atom. The highest BCUT2D eigenvalue weighted by Crippen LogP contribution is 2.26. The number of aryl methyl sites for hydroxylation is 1. The topological polar surface area (TPSA) is 34.1 Å². The molecule has 0 N–H and O–H groups in total. The van der Waals surface area contributed by atoms with Crippen LogP contribution in [0.2, 0.25) is 0 Å². The van der Waals surface area contributed by atoms with Crippen LogP contribution in [0.15, 0.2) is 27.6 Å². The SMILES string of the molecule is Cc1ccc(S(=O)(=O)C(C)C)c(Br)c1. The second-order valence-corrected chi connectivity index (χ2v) is 6.85. The first-order valence-electron chi connectivity index (χ1n) is 4.35. The highest BCUT2D eigenvalue weighted by atomic mass is 79.9. The van der Waals surface area contributed by atoms with Crippen molar-refractivity contribution in [2.24, 2.45) is 0 Å². The largest absolute Gasteiger partial charge is 0.223 e. The Morgan fingerprint density at radius 1 is 1.29 bits per heavy atom. The van der Waals surface area contributed by atoms with Crippen molar-refractivity contribution < 1.29 is 8.42 Å². The van der Waals surface area contributed by atoms with Gasteiger partial charge in [0, 0.05) is 4.47 Å². The molecule has 14 heavy (non-hydrogen) atoms. The summed E-state index contributed by atoms with van der Waals surface area (Å²) in [5, 5.41) is -0.387. The third-order valence-corrected chi connectivity index (χ3v) is 5.14. The molecule has 0 heterocycles. The molecule has 4 heteroatoms. The summed E-state index contributed by atoms with van der Waals surface area (Å²) in [5.41, 5.74) is 1.04. The van der Waals surface area contributed by atoms with E-state index in [0.29, 0.717) is 9.37 Å². The van der Waals surface area contributed by atoms with Gasteiger partial charge in [-0.25, -0.2) is 8.42 Å². The maximum absolute atomic E-state index is 11.8. The standard InChI is InChI=1S/C10H13BrO2S/c1-7(2)14(12,13)10-5-4-8(3)6-9(10)11/h4-7H,1-3H3.